The first kappa shape index (κ1) is 15.7. The summed E-state index contributed by atoms with van der Waals surface area (Å²) < 4.78 is 5.69. The van der Waals surface area contributed by atoms with Crippen LogP contribution in [-0.2, 0) is 11.3 Å². The predicted octanol–water partition coefficient (Wildman–Crippen LogP) is 2.52. The van der Waals surface area contributed by atoms with E-state index in [1.54, 1.807) is 12.4 Å². The second-order valence-electron chi connectivity index (χ2n) is 6.11. The third kappa shape index (κ3) is 3.36. The molecule has 0 radical (unpaired) electrons. The molecule has 1 atom stereocenters. The van der Waals surface area contributed by atoms with Crippen LogP contribution in [0.1, 0.15) is 47.2 Å². The maximum atomic E-state index is 12.4. The minimum absolute atomic E-state index is 0.00666. The summed E-state index contributed by atoms with van der Waals surface area (Å²) in [5, 5.41) is 10.6. The number of aromatic nitrogens is 4. The van der Waals surface area contributed by atoms with E-state index in [0.717, 1.165) is 42.3 Å². The maximum Gasteiger partial charge on any atom is 0.272 e. The molecule has 3 heterocycles. The van der Waals surface area contributed by atoms with Gasteiger partial charge in [0.2, 0.25) is 0 Å². The number of ether oxygens (including phenoxy) is 1. The number of rotatable bonds is 4. The van der Waals surface area contributed by atoms with Crippen molar-refractivity contribution in [3.8, 4) is 0 Å². The highest BCUT2D eigenvalue weighted by Gasteiger charge is 2.18. The van der Waals surface area contributed by atoms with Gasteiger partial charge in [-0.2, -0.15) is 5.10 Å². The van der Waals surface area contributed by atoms with Gasteiger partial charge in [-0.05, 0) is 25.3 Å². The number of hydrogen-bond donors (Lipinski definition) is 2. The van der Waals surface area contributed by atoms with Crippen molar-refractivity contribution in [3.63, 3.8) is 0 Å². The van der Waals surface area contributed by atoms with Gasteiger partial charge in [0.1, 0.15) is 6.10 Å². The summed E-state index contributed by atoms with van der Waals surface area (Å²) >= 11 is 0. The smallest absolute Gasteiger partial charge is 0.272 e. The number of hydrogen-bond acceptors (Lipinski definition) is 5. The molecule has 2 aromatic heterocycles. The van der Waals surface area contributed by atoms with E-state index < -0.39 is 0 Å². The Morgan fingerprint density at radius 2 is 2.08 bits per heavy atom. The molecule has 7 heteroatoms. The fourth-order valence-electron chi connectivity index (χ4n) is 2.97. The Labute approximate surface area is 144 Å². The summed E-state index contributed by atoms with van der Waals surface area (Å²) in [4.78, 5) is 21.1. The van der Waals surface area contributed by atoms with Gasteiger partial charge in [0.05, 0.1) is 5.52 Å². The highest BCUT2D eigenvalue weighted by atomic mass is 16.5. The van der Waals surface area contributed by atoms with Crippen LogP contribution in [0.25, 0.3) is 10.9 Å². The predicted molar refractivity (Wildman–Crippen MR) is 91.8 cm³/mol. The lowest BCUT2D eigenvalue weighted by Gasteiger charge is -2.21. The Morgan fingerprint density at radius 1 is 1.24 bits per heavy atom. The fraction of sp³-hybridized carbons (Fsp3) is 0.333. The number of nitrogens with one attached hydrogen (secondary N) is 2. The average Bonchev–Trinajstić information content (AvgIpc) is 3.11. The van der Waals surface area contributed by atoms with Crippen molar-refractivity contribution in [1.29, 1.82) is 0 Å². The van der Waals surface area contributed by atoms with Gasteiger partial charge in [0, 0.05) is 36.5 Å². The first-order chi connectivity index (χ1) is 12.3. The van der Waals surface area contributed by atoms with Gasteiger partial charge in [-0.3, -0.25) is 9.89 Å². The van der Waals surface area contributed by atoms with E-state index >= 15 is 0 Å². The van der Waals surface area contributed by atoms with Gasteiger partial charge >= 0.3 is 0 Å². The molecule has 1 unspecified atom stereocenters. The Bertz CT molecular complexity index is 869. The quantitative estimate of drug-likeness (QED) is 0.763. The molecule has 128 valence electrons. The number of benzene rings is 1. The lowest BCUT2D eigenvalue weighted by Crippen LogP contribution is -2.23. The molecule has 1 saturated heterocycles. The first-order valence-electron chi connectivity index (χ1n) is 8.45. The number of carbonyl (C=O) groups is 1. The lowest BCUT2D eigenvalue weighted by atomic mass is 10.1. The molecule has 1 aliphatic heterocycles. The van der Waals surface area contributed by atoms with E-state index in [-0.39, 0.29) is 12.0 Å². The second kappa shape index (κ2) is 6.98. The van der Waals surface area contributed by atoms with E-state index in [1.807, 2.05) is 24.3 Å². The number of fused-ring (bicyclic) bond motifs is 1. The molecule has 1 aromatic carbocycles. The molecule has 1 amide bonds. The molecule has 1 aliphatic rings. The van der Waals surface area contributed by atoms with Crippen LogP contribution >= 0.6 is 0 Å². The molecule has 1 fully saturated rings. The molecule has 0 aliphatic carbocycles. The first-order valence-corrected chi connectivity index (χ1v) is 8.45. The van der Waals surface area contributed by atoms with Crippen molar-refractivity contribution in [2.24, 2.45) is 0 Å². The van der Waals surface area contributed by atoms with Crippen molar-refractivity contribution >= 4 is 16.8 Å². The molecule has 4 rings (SSSR count). The Hall–Kier alpha value is -2.80. The van der Waals surface area contributed by atoms with E-state index in [2.05, 4.69) is 25.5 Å². The van der Waals surface area contributed by atoms with Crippen LogP contribution in [0, 0.1) is 0 Å². The Balaban J connectivity index is 1.40. The fourth-order valence-corrected chi connectivity index (χ4v) is 2.97. The van der Waals surface area contributed by atoms with Crippen LogP contribution in [0.15, 0.2) is 36.7 Å². The molecule has 0 spiro atoms. The third-order valence-electron chi connectivity index (χ3n) is 4.33. The Morgan fingerprint density at radius 3 is 2.88 bits per heavy atom. The summed E-state index contributed by atoms with van der Waals surface area (Å²) in [6, 6.07) is 7.54. The van der Waals surface area contributed by atoms with Crippen molar-refractivity contribution < 1.29 is 9.53 Å². The van der Waals surface area contributed by atoms with Gasteiger partial charge < -0.3 is 10.1 Å². The zero-order valence-electron chi connectivity index (χ0n) is 13.7. The van der Waals surface area contributed by atoms with E-state index in [0.29, 0.717) is 18.1 Å². The van der Waals surface area contributed by atoms with Crippen LogP contribution in [0.3, 0.4) is 0 Å². The lowest BCUT2D eigenvalue weighted by molar-refractivity contribution is 0.00940. The minimum Gasteiger partial charge on any atom is -0.370 e. The van der Waals surface area contributed by atoms with Crippen LogP contribution in [0.5, 0.6) is 0 Å². The summed E-state index contributed by atoms with van der Waals surface area (Å²) in [6.07, 6.45) is 6.67. The van der Waals surface area contributed by atoms with Crippen LogP contribution in [0.2, 0.25) is 0 Å². The molecule has 7 nitrogen and oxygen atoms in total. The van der Waals surface area contributed by atoms with Crippen LogP contribution in [0.4, 0.5) is 0 Å². The van der Waals surface area contributed by atoms with Gasteiger partial charge in [0.25, 0.3) is 5.91 Å². The molecule has 25 heavy (non-hydrogen) atoms. The zero-order valence-corrected chi connectivity index (χ0v) is 13.7. The summed E-state index contributed by atoms with van der Waals surface area (Å²) in [6.45, 7) is 1.12. The number of nitrogens with zero attached hydrogens (tertiary/aromatic N) is 3. The molecule has 0 bridgehead atoms. The third-order valence-corrected chi connectivity index (χ3v) is 4.33. The topological polar surface area (TPSA) is 92.8 Å². The van der Waals surface area contributed by atoms with Gasteiger partial charge in [-0.15, -0.1) is 0 Å². The largest absolute Gasteiger partial charge is 0.370 e. The minimum atomic E-state index is -0.225. The van der Waals surface area contributed by atoms with Gasteiger partial charge in [-0.1, -0.05) is 18.2 Å². The summed E-state index contributed by atoms with van der Waals surface area (Å²) in [7, 11) is 0. The number of aromatic amines is 1. The van der Waals surface area contributed by atoms with Crippen molar-refractivity contribution in [2.45, 2.75) is 31.9 Å². The van der Waals surface area contributed by atoms with Gasteiger partial charge in [-0.25, -0.2) is 9.97 Å². The molecule has 0 saturated carbocycles. The average molecular weight is 337 g/mol. The molecule has 2 N–H and O–H groups in total. The normalized spacial score (nSPS) is 17.5. The van der Waals surface area contributed by atoms with Crippen molar-refractivity contribution in [1.82, 2.24) is 25.5 Å². The number of amides is 1. The molecule has 3 aromatic rings. The summed E-state index contributed by atoms with van der Waals surface area (Å²) in [5.41, 5.74) is 2.07. The summed E-state index contributed by atoms with van der Waals surface area (Å²) in [5.74, 6) is 0.491. The molecular formula is C18H19N5O2. The van der Waals surface area contributed by atoms with Gasteiger partial charge in [0.15, 0.2) is 11.5 Å². The van der Waals surface area contributed by atoms with E-state index in [4.69, 9.17) is 4.74 Å². The van der Waals surface area contributed by atoms with Crippen molar-refractivity contribution in [3.05, 3.63) is 53.7 Å². The number of H-pyrrole nitrogens is 1. The number of carbonyl (C=O) groups excluding carboxylic acids is 1. The standard InChI is InChI=1S/C18H19N5O2/c24-18(16-13-5-1-2-6-14(13)22-23-16)21-11-12-9-19-17(20-10-12)15-7-3-4-8-25-15/h1-2,5-6,9-10,15H,3-4,7-8,11H2,(H,21,24)(H,22,23). The van der Waals surface area contributed by atoms with Crippen molar-refractivity contribution in [2.75, 3.05) is 6.61 Å². The van der Waals surface area contributed by atoms with E-state index in [9.17, 15) is 4.79 Å². The Kier molecular flexibility index (Phi) is 4.39. The van der Waals surface area contributed by atoms with Crippen LogP contribution in [-0.4, -0.2) is 32.7 Å². The number of para-hydroxylation sites is 1. The highest BCUT2D eigenvalue weighted by Crippen LogP contribution is 2.24. The highest BCUT2D eigenvalue weighted by molar-refractivity contribution is 6.04. The second-order valence-corrected chi connectivity index (χ2v) is 6.11. The van der Waals surface area contributed by atoms with Crippen LogP contribution < -0.4 is 5.32 Å². The molecular weight excluding hydrogens is 318 g/mol. The van der Waals surface area contributed by atoms with E-state index in [1.165, 1.54) is 0 Å². The monoisotopic (exact) mass is 337 g/mol. The maximum absolute atomic E-state index is 12.4. The zero-order chi connectivity index (χ0) is 17.1. The SMILES string of the molecule is O=C(NCc1cnc(C2CCCCO2)nc1)c1n[nH]c2ccccc12.